The van der Waals surface area contributed by atoms with Gasteiger partial charge in [0, 0.05) is 29.6 Å². The van der Waals surface area contributed by atoms with Gasteiger partial charge in [-0.05, 0) is 38.1 Å². The van der Waals surface area contributed by atoms with Crippen molar-refractivity contribution in [2.24, 2.45) is 0 Å². The molecule has 0 aromatic heterocycles. The average molecular weight is 328 g/mol. The van der Waals surface area contributed by atoms with Crippen molar-refractivity contribution < 1.29 is 9.90 Å². The Kier molecular flexibility index (Phi) is 7.94. The normalized spacial score (nSPS) is 10.9. The minimum Gasteiger partial charge on any atom is -0.396 e. The van der Waals surface area contributed by atoms with Crippen molar-refractivity contribution >= 4 is 21.7 Å². The lowest BCUT2D eigenvalue weighted by Gasteiger charge is -2.19. The summed E-state index contributed by atoms with van der Waals surface area (Å²) in [7, 11) is 0. The second kappa shape index (κ2) is 9.23. The summed E-state index contributed by atoms with van der Waals surface area (Å²) in [5.74, 6) is 0.200. The SMILES string of the molecule is CCN(CCCO)CCCC(=O)c1ccc(Br)cc1. The predicted molar refractivity (Wildman–Crippen MR) is 81.5 cm³/mol. The molecule has 1 aromatic rings. The molecule has 0 aliphatic carbocycles. The number of carbonyl (C=O) groups excluding carboxylic acids is 1. The van der Waals surface area contributed by atoms with Crippen LogP contribution >= 0.6 is 15.9 Å². The number of nitrogens with zero attached hydrogens (tertiary/aromatic N) is 1. The van der Waals surface area contributed by atoms with Crippen LogP contribution in [0.5, 0.6) is 0 Å². The molecule has 3 nitrogen and oxygen atoms in total. The van der Waals surface area contributed by atoms with Crippen LogP contribution in [0.1, 0.15) is 36.5 Å². The molecule has 0 heterocycles. The lowest BCUT2D eigenvalue weighted by atomic mass is 10.1. The van der Waals surface area contributed by atoms with Gasteiger partial charge in [-0.3, -0.25) is 4.79 Å². The van der Waals surface area contributed by atoms with E-state index in [9.17, 15) is 4.79 Å². The number of Topliss-reactive ketones (excluding diaryl/α,β-unsaturated/α-hetero) is 1. The van der Waals surface area contributed by atoms with Crippen LogP contribution in [-0.2, 0) is 0 Å². The van der Waals surface area contributed by atoms with Crippen LogP contribution in [0.25, 0.3) is 0 Å². The molecule has 0 aliphatic heterocycles. The fraction of sp³-hybridized carbons (Fsp3) is 0.533. The molecule has 106 valence electrons. The van der Waals surface area contributed by atoms with Gasteiger partial charge < -0.3 is 10.0 Å². The van der Waals surface area contributed by atoms with Crippen LogP contribution < -0.4 is 0 Å². The van der Waals surface area contributed by atoms with Crippen molar-refractivity contribution in [1.29, 1.82) is 0 Å². The number of benzene rings is 1. The first kappa shape index (κ1) is 16.3. The molecule has 1 rings (SSSR count). The summed E-state index contributed by atoms with van der Waals surface area (Å²) in [5.41, 5.74) is 0.779. The van der Waals surface area contributed by atoms with Crippen molar-refractivity contribution in [1.82, 2.24) is 4.90 Å². The molecule has 0 radical (unpaired) electrons. The van der Waals surface area contributed by atoms with Crippen LogP contribution in [0.4, 0.5) is 0 Å². The second-order valence-corrected chi connectivity index (χ2v) is 5.46. The number of rotatable bonds is 9. The summed E-state index contributed by atoms with van der Waals surface area (Å²) >= 11 is 3.36. The number of aliphatic hydroxyl groups excluding tert-OH is 1. The average Bonchev–Trinajstić information content (AvgIpc) is 2.43. The molecule has 0 bridgehead atoms. The van der Waals surface area contributed by atoms with Gasteiger partial charge in [-0.1, -0.05) is 35.0 Å². The number of ketones is 1. The first-order valence-corrected chi connectivity index (χ1v) is 7.58. The highest BCUT2D eigenvalue weighted by Gasteiger charge is 2.07. The number of hydrogen-bond donors (Lipinski definition) is 1. The zero-order chi connectivity index (χ0) is 14.1. The van der Waals surface area contributed by atoms with E-state index in [4.69, 9.17) is 5.11 Å². The first-order valence-electron chi connectivity index (χ1n) is 6.79. The van der Waals surface area contributed by atoms with Crippen LogP contribution in [-0.4, -0.2) is 42.0 Å². The molecule has 0 saturated carbocycles. The Morgan fingerprint density at radius 1 is 1.21 bits per heavy atom. The largest absolute Gasteiger partial charge is 0.396 e. The third-order valence-electron chi connectivity index (χ3n) is 3.12. The van der Waals surface area contributed by atoms with Crippen LogP contribution in [0.15, 0.2) is 28.7 Å². The van der Waals surface area contributed by atoms with Gasteiger partial charge in [0.2, 0.25) is 0 Å². The Morgan fingerprint density at radius 3 is 2.42 bits per heavy atom. The summed E-state index contributed by atoms with van der Waals surface area (Å²) in [6.45, 7) is 5.12. The van der Waals surface area contributed by atoms with Crippen molar-refractivity contribution in [3.05, 3.63) is 34.3 Å². The highest BCUT2D eigenvalue weighted by atomic mass is 79.9. The lowest BCUT2D eigenvalue weighted by Crippen LogP contribution is -2.26. The molecule has 0 unspecified atom stereocenters. The van der Waals surface area contributed by atoms with Gasteiger partial charge in [0.1, 0.15) is 0 Å². The van der Waals surface area contributed by atoms with E-state index in [0.717, 1.165) is 42.5 Å². The monoisotopic (exact) mass is 327 g/mol. The van der Waals surface area contributed by atoms with Gasteiger partial charge in [0.05, 0.1) is 0 Å². The van der Waals surface area contributed by atoms with Crippen LogP contribution in [0.2, 0.25) is 0 Å². The lowest BCUT2D eigenvalue weighted by molar-refractivity contribution is 0.0974. The fourth-order valence-corrected chi connectivity index (χ4v) is 2.23. The molecule has 0 atom stereocenters. The molecule has 1 aromatic carbocycles. The molecule has 0 aliphatic rings. The molecule has 0 saturated heterocycles. The maximum absolute atomic E-state index is 12.0. The highest BCUT2D eigenvalue weighted by Crippen LogP contribution is 2.12. The molecule has 1 N–H and O–H groups in total. The van der Waals surface area contributed by atoms with Crippen LogP contribution in [0.3, 0.4) is 0 Å². The van der Waals surface area contributed by atoms with Gasteiger partial charge >= 0.3 is 0 Å². The van der Waals surface area contributed by atoms with Gasteiger partial charge in [-0.15, -0.1) is 0 Å². The standard InChI is InChI=1S/C15H22BrNO2/c1-2-17(11-4-12-18)10-3-5-15(19)13-6-8-14(16)9-7-13/h6-9,18H,2-5,10-12H2,1H3. The Labute approximate surface area is 123 Å². The summed E-state index contributed by atoms with van der Waals surface area (Å²) < 4.78 is 0.991. The van der Waals surface area contributed by atoms with Gasteiger partial charge in [0.15, 0.2) is 5.78 Å². The molecule has 4 heteroatoms. The molecular formula is C15H22BrNO2. The van der Waals surface area contributed by atoms with Crippen LogP contribution in [0, 0.1) is 0 Å². The Bertz CT molecular complexity index is 378. The number of halogens is 1. The second-order valence-electron chi connectivity index (χ2n) is 4.55. The van der Waals surface area contributed by atoms with E-state index in [0.29, 0.717) is 6.42 Å². The smallest absolute Gasteiger partial charge is 0.162 e. The van der Waals surface area contributed by atoms with E-state index in [1.54, 1.807) is 0 Å². The van der Waals surface area contributed by atoms with Crippen molar-refractivity contribution in [3.63, 3.8) is 0 Å². The Balaban J connectivity index is 2.31. The summed E-state index contributed by atoms with van der Waals surface area (Å²) in [6, 6.07) is 7.51. The number of carbonyl (C=O) groups is 1. The minimum atomic E-state index is 0.200. The van der Waals surface area contributed by atoms with Gasteiger partial charge in [-0.2, -0.15) is 0 Å². The van der Waals surface area contributed by atoms with E-state index in [1.807, 2.05) is 24.3 Å². The number of hydrogen-bond acceptors (Lipinski definition) is 3. The van der Waals surface area contributed by atoms with E-state index in [-0.39, 0.29) is 12.4 Å². The molecule has 0 amide bonds. The Hall–Kier alpha value is -0.710. The molecule has 0 fully saturated rings. The Morgan fingerprint density at radius 2 is 1.84 bits per heavy atom. The van der Waals surface area contributed by atoms with E-state index >= 15 is 0 Å². The zero-order valence-electron chi connectivity index (χ0n) is 11.4. The third-order valence-corrected chi connectivity index (χ3v) is 3.65. The van der Waals surface area contributed by atoms with E-state index in [2.05, 4.69) is 27.8 Å². The summed E-state index contributed by atoms with van der Waals surface area (Å²) in [6.07, 6.45) is 2.25. The third kappa shape index (κ3) is 6.32. The van der Waals surface area contributed by atoms with Crippen molar-refractivity contribution in [2.45, 2.75) is 26.2 Å². The van der Waals surface area contributed by atoms with Crippen molar-refractivity contribution in [3.8, 4) is 0 Å². The van der Waals surface area contributed by atoms with Gasteiger partial charge in [-0.25, -0.2) is 0 Å². The topological polar surface area (TPSA) is 40.5 Å². The number of aliphatic hydroxyl groups is 1. The summed E-state index contributed by atoms with van der Waals surface area (Å²) in [5, 5.41) is 8.81. The zero-order valence-corrected chi connectivity index (χ0v) is 13.0. The minimum absolute atomic E-state index is 0.200. The molecule has 0 spiro atoms. The van der Waals surface area contributed by atoms with E-state index in [1.165, 1.54) is 0 Å². The van der Waals surface area contributed by atoms with Crippen molar-refractivity contribution in [2.75, 3.05) is 26.2 Å². The fourth-order valence-electron chi connectivity index (χ4n) is 1.97. The maximum Gasteiger partial charge on any atom is 0.162 e. The first-order chi connectivity index (χ1) is 9.17. The van der Waals surface area contributed by atoms with Gasteiger partial charge in [0.25, 0.3) is 0 Å². The molecular weight excluding hydrogens is 306 g/mol. The predicted octanol–water partition coefficient (Wildman–Crippen LogP) is 3.12. The molecule has 19 heavy (non-hydrogen) atoms. The maximum atomic E-state index is 12.0. The van der Waals surface area contributed by atoms with E-state index < -0.39 is 0 Å². The quantitative estimate of drug-likeness (QED) is 0.708. The highest BCUT2D eigenvalue weighted by molar-refractivity contribution is 9.10. The summed E-state index contributed by atoms with van der Waals surface area (Å²) in [4.78, 5) is 14.2.